The van der Waals surface area contributed by atoms with Crippen molar-refractivity contribution in [3.05, 3.63) is 17.0 Å². The standard InChI is InChI=1S/C13H22N4O2/c1-9(2)15-13(18)14-6-4-11-10-8-19-7-5-12(10)17(3)16-11/h9H,4-8H2,1-3H3,(H2,14,15,18). The molecule has 1 aliphatic heterocycles. The number of urea groups is 1. The molecule has 106 valence electrons. The number of rotatable bonds is 4. The molecule has 1 aromatic rings. The van der Waals surface area contributed by atoms with Gasteiger partial charge in [0.25, 0.3) is 0 Å². The summed E-state index contributed by atoms with van der Waals surface area (Å²) in [6.07, 6.45) is 1.65. The third-order valence-corrected chi connectivity index (χ3v) is 3.15. The molecule has 2 amide bonds. The van der Waals surface area contributed by atoms with Crippen molar-refractivity contribution in [3.8, 4) is 0 Å². The van der Waals surface area contributed by atoms with Crippen molar-refractivity contribution < 1.29 is 9.53 Å². The lowest BCUT2D eigenvalue weighted by molar-refractivity contribution is 0.108. The Morgan fingerprint density at radius 1 is 1.53 bits per heavy atom. The van der Waals surface area contributed by atoms with Gasteiger partial charge in [-0.05, 0) is 13.8 Å². The molecule has 0 saturated carbocycles. The van der Waals surface area contributed by atoms with Crippen LogP contribution in [0.1, 0.15) is 30.8 Å². The molecule has 0 bridgehead atoms. The molecule has 2 heterocycles. The Morgan fingerprint density at radius 2 is 2.32 bits per heavy atom. The number of fused-ring (bicyclic) bond motifs is 1. The Labute approximate surface area is 113 Å². The summed E-state index contributed by atoms with van der Waals surface area (Å²) in [6, 6.07) is 0.0204. The third-order valence-electron chi connectivity index (χ3n) is 3.15. The second-order valence-electron chi connectivity index (χ2n) is 5.10. The first kappa shape index (κ1) is 13.9. The summed E-state index contributed by atoms with van der Waals surface area (Å²) in [7, 11) is 1.96. The van der Waals surface area contributed by atoms with Crippen LogP contribution in [0, 0.1) is 0 Å². The lowest BCUT2D eigenvalue weighted by atomic mass is 10.1. The Balaban J connectivity index is 1.88. The Hall–Kier alpha value is -1.56. The first-order chi connectivity index (χ1) is 9.08. The van der Waals surface area contributed by atoms with Gasteiger partial charge < -0.3 is 15.4 Å². The van der Waals surface area contributed by atoms with Crippen LogP contribution in [0.5, 0.6) is 0 Å². The van der Waals surface area contributed by atoms with E-state index in [-0.39, 0.29) is 12.1 Å². The molecule has 0 saturated heterocycles. The van der Waals surface area contributed by atoms with Gasteiger partial charge in [-0.25, -0.2) is 4.79 Å². The fraction of sp³-hybridized carbons (Fsp3) is 0.692. The molecular formula is C13H22N4O2. The SMILES string of the molecule is CC(C)NC(=O)NCCc1nn(C)c2c1COCC2. The Morgan fingerprint density at radius 3 is 3.05 bits per heavy atom. The van der Waals surface area contributed by atoms with Crippen molar-refractivity contribution in [2.24, 2.45) is 7.05 Å². The van der Waals surface area contributed by atoms with Crippen molar-refractivity contribution in [2.45, 2.75) is 39.3 Å². The minimum atomic E-state index is -0.129. The van der Waals surface area contributed by atoms with Crippen LogP contribution in [0.15, 0.2) is 0 Å². The van der Waals surface area contributed by atoms with Gasteiger partial charge >= 0.3 is 6.03 Å². The molecular weight excluding hydrogens is 244 g/mol. The zero-order valence-corrected chi connectivity index (χ0v) is 11.8. The van der Waals surface area contributed by atoms with Gasteiger partial charge in [-0.3, -0.25) is 4.68 Å². The maximum atomic E-state index is 11.5. The smallest absolute Gasteiger partial charge is 0.314 e. The number of aromatic nitrogens is 2. The van der Waals surface area contributed by atoms with E-state index in [1.54, 1.807) is 0 Å². The minimum Gasteiger partial charge on any atom is -0.376 e. The molecule has 1 aromatic heterocycles. The maximum absolute atomic E-state index is 11.5. The predicted octanol–water partition coefficient (Wildman–Crippen LogP) is 0.743. The average Bonchev–Trinajstić information content (AvgIpc) is 2.66. The van der Waals surface area contributed by atoms with Gasteiger partial charge in [-0.15, -0.1) is 0 Å². The number of aryl methyl sites for hydroxylation is 1. The fourth-order valence-electron chi connectivity index (χ4n) is 2.29. The highest BCUT2D eigenvalue weighted by molar-refractivity contribution is 5.74. The van der Waals surface area contributed by atoms with E-state index in [1.165, 1.54) is 11.3 Å². The van der Waals surface area contributed by atoms with Crippen LogP contribution < -0.4 is 10.6 Å². The zero-order chi connectivity index (χ0) is 13.8. The highest BCUT2D eigenvalue weighted by Crippen LogP contribution is 2.20. The highest BCUT2D eigenvalue weighted by Gasteiger charge is 2.19. The fourth-order valence-corrected chi connectivity index (χ4v) is 2.29. The van der Waals surface area contributed by atoms with E-state index in [2.05, 4.69) is 15.7 Å². The zero-order valence-electron chi connectivity index (χ0n) is 11.8. The largest absolute Gasteiger partial charge is 0.376 e. The van der Waals surface area contributed by atoms with E-state index in [4.69, 9.17) is 4.74 Å². The lowest BCUT2D eigenvalue weighted by Gasteiger charge is -2.14. The highest BCUT2D eigenvalue weighted by atomic mass is 16.5. The van der Waals surface area contributed by atoms with Gasteiger partial charge in [0.15, 0.2) is 0 Å². The van der Waals surface area contributed by atoms with Gasteiger partial charge in [-0.2, -0.15) is 5.10 Å². The van der Waals surface area contributed by atoms with E-state index < -0.39 is 0 Å². The number of amides is 2. The van der Waals surface area contributed by atoms with Crippen LogP contribution in [-0.2, 0) is 31.2 Å². The van der Waals surface area contributed by atoms with Gasteiger partial charge in [0.05, 0.1) is 18.9 Å². The van der Waals surface area contributed by atoms with Crippen LogP contribution in [0.4, 0.5) is 4.79 Å². The minimum absolute atomic E-state index is 0.129. The van der Waals surface area contributed by atoms with Crippen LogP contribution in [0.2, 0.25) is 0 Å². The summed E-state index contributed by atoms with van der Waals surface area (Å²) in [5, 5.41) is 10.1. The van der Waals surface area contributed by atoms with Crippen molar-refractivity contribution in [2.75, 3.05) is 13.2 Å². The average molecular weight is 266 g/mol. The summed E-state index contributed by atoms with van der Waals surface area (Å²) >= 11 is 0. The molecule has 1 aliphatic rings. The van der Waals surface area contributed by atoms with Crippen molar-refractivity contribution in [3.63, 3.8) is 0 Å². The van der Waals surface area contributed by atoms with E-state index in [9.17, 15) is 4.79 Å². The Bertz CT molecular complexity index is 454. The first-order valence-corrected chi connectivity index (χ1v) is 6.73. The number of carbonyl (C=O) groups is 1. The van der Waals surface area contributed by atoms with E-state index in [0.717, 1.165) is 25.1 Å². The van der Waals surface area contributed by atoms with Crippen molar-refractivity contribution >= 4 is 6.03 Å². The first-order valence-electron chi connectivity index (χ1n) is 6.73. The van der Waals surface area contributed by atoms with Crippen LogP contribution in [-0.4, -0.2) is 35.0 Å². The number of nitrogens with one attached hydrogen (secondary N) is 2. The van der Waals surface area contributed by atoms with Crippen LogP contribution in [0.25, 0.3) is 0 Å². The van der Waals surface area contributed by atoms with Crippen molar-refractivity contribution in [1.29, 1.82) is 0 Å². The number of hydrogen-bond donors (Lipinski definition) is 2. The molecule has 0 spiro atoms. The van der Waals surface area contributed by atoms with E-state index >= 15 is 0 Å². The Kier molecular flexibility index (Phi) is 4.42. The van der Waals surface area contributed by atoms with Gasteiger partial charge in [0.1, 0.15) is 0 Å². The maximum Gasteiger partial charge on any atom is 0.314 e. The second-order valence-corrected chi connectivity index (χ2v) is 5.10. The quantitative estimate of drug-likeness (QED) is 0.844. The topological polar surface area (TPSA) is 68.2 Å². The summed E-state index contributed by atoms with van der Waals surface area (Å²) in [4.78, 5) is 11.5. The van der Waals surface area contributed by atoms with Crippen LogP contribution in [0.3, 0.4) is 0 Å². The lowest BCUT2D eigenvalue weighted by Crippen LogP contribution is -2.40. The molecule has 19 heavy (non-hydrogen) atoms. The third kappa shape index (κ3) is 3.47. The predicted molar refractivity (Wildman–Crippen MR) is 71.9 cm³/mol. The molecule has 0 atom stereocenters. The van der Waals surface area contributed by atoms with Gasteiger partial charge in [-0.1, -0.05) is 0 Å². The summed E-state index contributed by atoms with van der Waals surface area (Å²) in [5.41, 5.74) is 3.48. The molecule has 0 radical (unpaired) electrons. The number of nitrogens with zero attached hydrogens (tertiary/aromatic N) is 2. The molecule has 6 nitrogen and oxygen atoms in total. The molecule has 0 aliphatic carbocycles. The molecule has 0 unspecified atom stereocenters. The molecule has 2 N–H and O–H groups in total. The second kappa shape index (κ2) is 6.06. The van der Waals surface area contributed by atoms with Crippen molar-refractivity contribution in [1.82, 2.24) is 20.4 Å². The molecule has 0 fully saturated rings. The molecule has 0 aromatic carbocycles. The monoisotopic (exact) mass is 266 g/mol. The number of carbonyl (C=O) groups excluding carboxylic acids is 1. The summed E-state index contributed by atoms with van der Waals surface area (Å²) < 4.78 is 7.41. The molecule has 2 rings (SSSR count). The van der Waals surface area contributed by atoms with Gasteiger partial charge in [0.2, 0.25) is 0 Å². The van der Waals surface area contributed by atoms with Crippen LogP contribution >= 0.6 is 0 Å². The van der Waals surface area contributed by atoms with E-state index in [1.807, 2.05) is 25.6 Å². The number of hydrogen-bond acceptors (Lipinski definition) is 3. The molecule has 6 heteroatoms. The number of ether oxygens (including phenoxy) is 1. The van der Waals surface area contributed by atoms with E-state index in [0.29, 0.717) is 13.2 Å². The summed E-state index contributed by atoms with van der Waals surface area (Å²) in [5.74, 6) is 0. The van der Waals surface area contributed by atoms with Gasteiger partial charge in [0, 0.05) is 43.7 Å². The normalized spacial score (nSPS) is 14.3. The summed E-state index contributed by atoms with van der Waals surface area (Å²) in [6.45, 7) is 5.86.